The Hall–Kier alpha value is -0.120. The lowest BCUT2D eigenvalue weighted by molar-refractivity contribution is 0.0730. The molecule has 1 aliphatic rings. The number of rotatable bonds is 4. The van der Waals surface area contributed by atoms with Crippen LogP contribution in [0.25, 0.3) is 0 Å². The Kier molecular flexibility index (Phi) is 5.03. The van der Waals surface area contributed by atoms with E-state index in [0.29, 0.717) is 6.61 Å². The summed E-state index contributed by atoms with van der Waals surface area (Å²) in [6.07, 6.45) is 5.44. The van der Waals surface area contributed by atoms with Crippen LogP contribution >= 0.6 is 0 Å². The molecule has 15 heavy (non-hydrogen) atoms. The summed E-state index contributed by atoms with van der Waals surface area (Å²) in [5.41, 5.74) is -0.0509. The van der Waals surface area contributed by atoms with Crippen LogP contribution in [0.3, 0.4) is 0 Å². The Morgan fingerprint density at radius 3 is 2.60 bits per heavy atom. The van der Waals surface area contributed by atoms with Gasteiger partial charge in [0.25, 0.3) is 0 Å². The molecule has 2 unspecified atom stereocenters. The van der Waals surface area contributed by atoms with E-state index in [4.69, 9.17) is 4.74 Å². The molecule has 0 bridgehead atoms. The molecule has 1 rings (SSSR count). The second-order valence-corrected chi connectivity index (χ2v) is 5.27. The van der Waals surface area contributed by atoms with Gasteiger partial charge in [0.2, 0.25) is 0 Å². The first-order valence-electron chi connectivity index (χ1n) is 6.00. The van der Waals surface area contributed by atoms with E-state index in [9.17, 15) is 5.11 Å². The molecule has 1 saturated carbocycles. The number of nitrogens with one attached hydrogen (secondary N) is 1. The molecule has 0 amide bonds. The van der Waals surface area contributed by atoms with Crippen LogP contribution < -0.4 is 5.32 Å². The molecule has 90 valence electrons. The maximum Gasteiger partial charge on any atom is 0.0693 e. The summed E-state index contributed by atoms with van der Waals surface area (Å²) in [4.78, 5) is 0. The second-order valence-electron chi connectivity index (χ2n) is 5.27. The molecule has 3 heteroatoms. The predicted octanol–water partition coefficient (Wildman–Crippen LogP) is 1.69. The zero-order chi connectivity index (χ0) is 11.3. The zero-order valence-corrected chi connectivity index (χ0v) is 10.3. The molecule has 3 nitrogen and oxygen atoms in total. The fraction of sp³-hybridized carbons (Fsp3) is 1.00. The Balaban J connectivity index is 2.46. The van der Waals surface area contributed by atoms with Crippen molar-refractivity contribution in [2.75, 3.05) is 13.7 Å². The quantitative estimate of drug-likeness (QED) is 0.701. The van der Waals surface area contributed by atoms with Crippen molar-refractivity contribution in [3.63, 3.8) is 0 Å². The summed E-state index contributed by atoms with van der Waals surface area (Å²) < 4.78 is 5.17. The van der Waals surface area contributed by atoms with Crippen LogP contribution in [0.1, 0.15) is 46.0 Å². The summed E-state index contributed by atoms with van der Waals surface area (Å²) in [7, 11) is 1.72. The molecule has 0 radical (unpaired) electrons. The van der Waals surface area contributed by atoms with Gasteiger partial charge in [0, 0.05) is 18.7 Å². The molecular formula is C12H25NO2. The van der Waals surface area contributed by atoms with Crippen LogP contribution in [0.5, 0.6) is 0 Å². The van der Waals surface area contributed by atoms with Gasteiger partial charge >= 0.3 is 0 Å². The molecule has 0 spiro atoms. The topological polar surface area (TPSA) is 41.5 Å². The number of hydrogen-bond donors (Lipinski definition) is 2. The van der Waals surface area contributed by atoms with Gasteiger partial charge in [0.1, 0.15) is 0 Å². The lowest BCUT2D eigenvalue weighted by atomic mass is 10.00. The van der Waals surface area contributed by atoms with Crippen LogP contribution in [0.15, 0.2) is 0 Å². The molecule has 0 aromatic rings. The first-order valence-corrected chi connectivity index (χ1v) is 6.00. The third-order valence-electron chi connectivity index (χ3n) is 3.06. The number of hydrogen-bond acceptors (Lipinski definition) is 3. The zero-order valence-electron chi connectivity index (χ0n) is 10.3. The van der Waals surface area contributed by atoms with Crippen LogP contribution in [0, 0.1) is 0 Å². The van der Waals surface area contributed by atoms with Crippen molar-refractivity contribution in [3.8, 4) is 0 Å². The predicted molar refractivity (Wildman–Crippen MR) is 62.0 cm³/mol. The first-order chi connectivity index (χ1) is 7.05. The largest absolute Gasteiger partial charge is 0.392 e. The summed E-state index contributed by atoms with van der Waals surface area (Å²) in [6, 6.07) is 0.234. The minimum Gasteiger partial charge on any atom is -0.392 e. The van der Waals surface area contributed by atoms with Gasteiger partial charge < -0.3 is 15.2 Å². The van der Waals surface area contributed by atoms with Crippen molar-refractivity contribution in [1.82, 2.24) is 5.32 Å². The van der Waals surface area contributed by atoms with E-state index in [1.54, 1.807) is 7.11 Å². The molecule has 0 aromatic heterocycles. The molecule has 1 fully saturated rings. The van der Waals surface area contributed by atoms with Gasteiger partial charge in [-0.15, -0.1) is 0 Å². The monoisotopic (exact) mass is 215 g/mol. The fourth-order valence-electron chi connectivity index (χ4n) is 2.36. The van der Waals surface area contributed by atoms with Gasteiger partial charge in [-0.05, 0) is 26.7 Å². The molecule has 2 atom stereocenters. The van der Waals surface area contributed by atoms with Crippen molar-refractivity contribution in [2.45, 2.75) is 63.6 Å². The fourth-order valence-corrected chi connectivity index (χ4v) is 2.36. The highest BCUT2D eigenvalue weighted by Gasteiger charge is 2.27. The van der Waals surface area contributed by atoms with Crippen molar-refractivity contribution >= 4 is 0 Å². The summed E-state index contributed by atoms with van der Waals surface area (Å²) >= 11 is 0. The number of ether oxygens (including phenoxy) is 1. The molecule has 0 aromatic carbocycles. The van der Waals surface area contributed by atoms with Gasteiger partial charge in [-0.2, -0.15) is 0 Å². The highest BCUT2D eigenvalue weighted by molar-refractivity contribution is 4.87. The Bertz CT molecular complexity index is 182. The number of aliphatic hydroxyl groups excluding tert-OH is 1. The minimum absolute atomic E-state index is 0.0509. The Morgan fingerprint density at radius 2 is 1.93 bits per heavy atom. The maximum absolute atomic E-state index is 9.98. The highest BCUT2D eigenvalue weighted by Crippen LogP contribution is 2.20. The Labute approximate surface area is 93.2 Å². The standard InChI is InChI=1S/C12H25NO2/c1-12(2,9-15-3)13-10-7-5-4-6-8-11(10)14/h10-11,13-14H,4-9H2,1-3H3. The van der Waals surface area contributed by atoms with Gasteiger partial charge in [0.05, 0.1) is 12.7 Å². The van der Waals surface area contributed by atoms with E-state index in [0.717, 1.165) is 19.3 Å². The van der Waals surface area contributed by atoms with E-state index >= 15 is 0 Å². The normalized spacial score (nSPS) is 28.8. The number of methoxy groups -OCH3 is 1. The van der Waals surface area contributed by atoms with Crippen molar-refractivity contribution < 1.29 is 9.84 Å². The van der Waals surface area contributed by atoms with E-state index in [1.165, 1.54) is 12.8 Å². The SMILES string of the molecule is COCC(C)(C)NC1CCCCCC1O. The van der Waals surface area contributed by atoms with Crippen molar-refractivity contribution in [3.05, 3.63) is 0 Å². The maximum atomic E-state index is 9.98. The number of aliphatic hydroxyl groups is 1. The van der Waals surface area contributed by atoms with E-state index in [2.05, 4.69) is 19.2 Å². The van der Waals surface area contributed by atoms with Crippen LogP contribution in [0.2, 0.25) is 0 Å². The van der Waals surface area contributed by atoms with Gasteiger partial charge in [-0.3, -0.25) is 0 Å². The molecular weight excluding hydrogens is 190 g/mol. The third-order valence-corrected chi connectivity index (χ3v) is 3.06. The average molecular weight is 215 g/mol. The second kappa shape index (κ2) is 5.83. The van der Waals surface area contributed by atoms with E-state index in [-0.39, 0.29) is 17.7 Å². The summed E-state index contributed by atoms with van der Waals surface area (Å²) in [6.45, 7) is 4.92. The lowest BCUT2D eigenvalue weighted by Crippen LogP contribution is -2.52. The van der Waals surface area contributed by atoms with Gasteiger partial charge in [0.15, 0.2) is 0 Å². The van der Waals surface area contributed by atoms with E-state index in [1.807, 2.05) is 0 Å². The molecule has 0 heterocycles. The molecule has 2 N–H and O–H groups in total. The van der Waals surface area contributed by atoms with Gasteiger partial charge in [-0.25, -0.2) is 0 Å². The van der Waals surface area contributed by atoms with Crippen LogP contribution in [-0.4, -0.2) is 36.5 Å². The molecule has 0 saturated heterocycles. The summed E-state index contributed by atoms with van der Waals surface area (Å²) in [5, 5.41) is 13.5. The van der Waals surface area contributed by atoms with Gasteiger partial charge in [-0.1, -0.05) is 19.3 Å². The summed E-state index contributed by atoms with van der Waals surface area (Å²) in [5.74, 6) is 0. The van der Waals surface area contributed by atoms with Crippen molar-refractivity contribution in [1.29, 1.82) is 0 Å². The lowest BCUT2D eigenvalue weighted by Gasteiger charge is -2.33. The Morgan fingerprint density at radius 1 is 1.27 bits per heavy atom. The average Bonchev–Trinajstić information content (AvgIpc) is 2.31. The smallest absolute Gasteiger partial charge is 0.0693 e. The minimum atomic E-state index is -0.191. The third kappa shape index (κ3) is 4.49. The molecule has 0 aliphatic heterocycles. The van der Waals surface area contributed by atoms with Crippen LogP contribution in [-0.2, 0) is 4.74 Å². The highest BCUT2D eigenvalue weighted by atomic mass is 16.5. The van der Waals surface area contributed by atoms with Crippen molar-refractivity contribution in [2.24, 2.45) is 0 Å². The van der Waals surface area contributed by atoms with E-state index < -0.39 is 0 Å². The van der Waals surface area contributed by atoms with Crippen LogP contribution in [0.4, 0.5) is 0 Å². The first kappa shape index (κ1) is 12.9. The molecule has 1 aliphatic carbocycles.